The average Bonchev–Trinajstić information content (AvgIpc) is 2.49. The summed E-state index contributed by atoms with van der Waals surface area (Å²) in [5, 5.41) is 3.67. The first-order valence-corrected chi connectivity index (χ1v) is 8.31. The summed E-state index contributed by atoms with van der Waals surface area (Å²) in [4.78, 5) is 0. The van der Waals surface area contributed by atoms with Gasteiger partial charge in [0.05, 0.1) is 6.61 Å². The molecule has 0 unspecified atom stereocenters. The van der Waals surface area contributed by atoms with Crippen LogP contribution in [0.25, 0.3) is 0 Å². The Morgan fingerprint density at radius 3 is 2.30 bits per heavy atom. The van der Waals surface area contributed by atoms with E-state index in [0.717, 1.165) is 24.7 Å². The van der Waals surface area contributed by atoms with Gasteiger partial charge < -0.3 is 10.1 Å². The molecule has 0 radical (unpaired) electrons. The Labute approximate surface area is 123 Å². The first-order chi connectivity index (χ1) is 9.81. The van der Waals surface area contributed by atoms with E-state index in [1.807, 2.05) is 0 Å². The molecule has 0 atom stereocenters. The molecule has 0 heterocycles. The lowest BCUT2D eigenvalue weighted by molar-refractivity contribution is 0.316. The zero-order chi connectivity index (χ0) is 14.2. The van der Waals surface area contributed by atoms with Gasteiger partial charge in [-0.1, -0.05) is 26.7 Å². The SMILES string of the molecule is CCCOc1ccc(NC2CCC(CCC)CC2)cc1. The van der Waals surface area contributed by atoms with Crippen LogP contribution in [0.15, 0.2) is 24.3 Å². The Hall–Kier alpha value is -1.18. The maximum Gasteiger partial charge on any atom is 0.119 e. The third-order valence-electron chi connectivity index (χ3n) is 4.24. The van der Waals surface area contributed by atoms with Crippen molar-refractivity contribution in [2.45, 2.75) is 64.8 Å². The number of anilines is 1. The Bertz CT molecular complexity index is 366. The van der Waals surface area contributed by atoms with Crippen LogP contribution < -0.4 is 10.1 Å². The average molecular weight is 275 g/mol. The molecule has 0 aromatic heterocycles. The lowest BCUT2D eigenvalue weighted by Crippen LogP contribution is -2.26. The van der Waals surface area contributed by atoms with Crippen LogP contribution in [0.1, 0.15) is 58.8 Å². The highest BCUT2D eigenvalue weighted by Gasteiger charge is 2.20. The molecule has 112 valence electrons. The summed E-state index contributed by atoms with van der Waals surface area (Å²) in [6, 6.07) is 9.08. The molecule has 1 N–H and O–H groups in total. The third-order valence-corrected chi connectivity index (χ3v) is 4.24. The number of benzene rings is 1. The van der Waals surface area contributed by atoms with E-state index in [-0.39, 0.29) is 0 Å². The number of hydrogen-bond acceptors (Lipinski definition) is 2. The van der Waals surface area contributed by atoms with Crippen LogP contribution in [0, 0.1) is 5.92 Å². The summed E-state index contributed by atoms with van der Waals surface area (Å²) in [7, 11) is 0. The quantitative estimate of drug-likeness (QED) is 0.734. The van der Waals surface area contributed by atoms with Crippen LogP contribution in [0.5, 0.6) is 5.75 Å². The van der Waals surface area contributed by atoms with E-state index in [4.69, 9.17) is 4.74 Å². The Morgan fingerprint density at radius 1 is 1.00 bits per heavy atom. The summed E-state index contributed by atoms with van der Waals surface area (Å²) < 4.78 is 5.61. The van der Waals surface area contributed by atoms with Gasteiger partial charge in [-0.05, 0) is 62.3 Å². The molecule has 1 saturated carbocycles. The van der Waals surface area contributed by atoms with E-state index in [1.165, 1.54) is 44.2 Å². The van der Waals surface area contributed by atoms with Crippen LogP contribution in [0.2, 0.25) is 0 Å². The highest BCUT2D eigenvalue weighted by atomic mass is 16.5. The Balaban J connectivity index is 1.76. The lowest BCUT2D eigenvalue weighted by atomic mass is 9.83. The second-order valence-electron chi connectivity index (χ2n) is 6.02. The van der Waals surface area contributed by atoms with Gasteiger partial charge in [0.15, 0.2) is 0 Å². The van der Waals surface area contributed by atoms with Crippen LogP contribution in [-0.4, -0.2) is 12.6 Å². The normalized spacial score (nSPS) is 22.5. The third kappa shape index (κ3) is 4.73. The van der Waals surface area contributed by atoms with Crippen molar-refractivity contribution in [3.63, 3.8) is 0 Å². The highest BCUT2D eigenvalue weighted by molar-refractivity contribution is 5.47. The van der Waals surface area contributed by atoms with Crippen molar-refractivity contribution in [1.29, 1.82) is 0 Å². The fourth-order valence-corrected chi connectivity index (χ4v) is 3.11. The zero-order valence-electron chi connectivity index (χ0n) is 13.0. The van der Waals surface area contributed by atoms with Crippen molar-refractivity contribution in [3.8, 4) is 5.75 Å². The maximum absolute atomic E-state index is 5.61. The molecule has 0 spiro atoms. The van der Waals surface area contributed by atoms with E-state index >= 15 is 0 Å². The van der Waals surface area contributed by atoms with Crippen molar-refractivity contribution < 1.29 is 4.74 Å². The van der Waals surface area contributed by atoms with Crippen molar-refractivity contribution in [2.24, 2.45) is 5.92 Å². The van der Waals surface area contributed by atoms with Gasteiger partial charge in [0.2, 0.25) is 0 Å². The van der Waals surface area contributed by atoms with Gasteiger partial charge in [-0.3, -0.25) is 0 Å². The summed E-state index contributed by atoms with van der Waals surface area (Å²) >= 11 is 0. The van der Waals surface area contributed by atoms with Gasteiger partial charge in [0.25, 0.3) is 0 Å². The van der Waals surface area contributed by atoms with Crippen LogP contribution in [-0.2, 0) is 0 Å². The molecule has 2 nitrogen and oxygen atoms in total. The van der Waals surface area contributed by atoms with E-state index in [2.05, 4.69) is 43.4 Å². The Morgan fingerprint density at radius 2 is 1.70 bits per heavy atom. The minimum Gasteiger partial charge on any atom is -0.494 e. The van der Waals surface area contributed by atoms with E-state index in [9.17, 15) is 0 Å². The molecule has 2 heteroatoms. The topological polar surface area (TPSA) is 21.3 Å². The number of hydrogen-bond donors (Lipinski definition) is 1. The lowest BCUT2D eigenvalue weighted by Gasteiger charge is -2.29. The standard InChI is InChI=1S/C18H29NO/c1-3-5-15-6-8-16(9-7-15)19-17-10-12-18(13-11-17)20-14-4-2/h10-13,15-16,19H,3-9,14H2,1-2H3. The molecule has 1 fully saturated rings. The molecule has 2 rings (SSSR count). The molecule has 0 bridgehead atoms. The Kier molecular flexibility index (Phi) is 6.23. The first-order valence-electron chi connectivity index (χ1n) is 8.31. The molecule has 1 aliphatic carbocycles. The van der Waals surface area contributed by atoms with Gasteiger partial charge in [-0.25, -0.2) is 0 Å². The fraction of sp³-hybridized carbons (Fsp3) is 0.667. The van der Waals surface area contributed by atoms with Gasteiger partial charge in [0.1, 0.15) is 5.75 Å². The molecule has 1 aromatic rings. The van der Waals surface area contributed by atoms with E-state index in [1.54, 1.807) is 0 Å². The largest absolute Gasteiger partial charge is 0.494 e. The van der Waals surface area contributed by atoms with Gasteiger partial charge >= 0.3 is 0 Å². The van der Waals surface area contributed by atoms with E-state index in [0.29, 0.717) is 6.04 Å². The van der Waals surface area contributed by atoms with Crippen molar-refractivity contribution in [3.05, 3.63) is 24.3 Å². The van der Waals surface area contributed by atoms with Gasteiger partial charge in [-0.15, -0.1) is 0 Å². The minimum absolute atomic E-state index is 0.658. The van der Waals surface area contributed by atoms with Crippen molar-refractivity contribution in [1.82, 2.24) is 0 Å². The summed E-state index contributed by atoms with van der Waals surface area (Å²) in [6.45, 7) is 5.23. The maximum atomic E-state index is 5.61. The summed E-state index contributed by atoms with van der Waals surface area (Å²) in [6.07, 6.45) is 9.23. The molecular formula is C18H29NO. The molecular weight excluding hydrogens is 246 g/mol. The van der Waals surface area contributed by atoms with Gasteiger partial charge in [-0.2, -0.15) is 0 Å². The summed E-state index contributed by atoms with van der Waals surface area (Å²) in [5.41, 5.74) is 1.23. The highest BCUT2D eigenvalue weighted by Crippen LogP contribution is 2.29. The van der Waals surface area contributed by atoms with Gasteiger partial charge in [0, 0.05) is 11.7 Å². The van der Waals surface area contributed by atoms with Crippen LogP contribution in [0.3, 0.4) is 0 Å². The first kappa shape index (κ1) is 15.2. The van der Waals surface area contributed by atoms with Crippen molar-refractivity contribution >= 4 is 5.69 Å². The molecule has 1 aromatic carbocycles. The molecule has 0 aliphatic heterocycles. The van der Waals surface area contributed by atoms with E-state index < -0.39 is 0 Å². The predicted molar refractivity (Wildman–Crippen MR) is 86.5 cm³/mol. The zero-order valence-corrected chi connectivity index (χ0v) is 13.0. The number of ether oxygens (including phenoxy) is 1. The summed E-state index contributed by atoms with van der Waals surface area (Å²) in [5.74, 6) is 1.95. The molecule has 0 saturated heterocycles. The molecule has 20 heavy (non-hydrogen) atoms. The number of rotatable bonds is 7. The van der Waals surface area contributed by atoms with Crippen LogP contribution >= 0.6 is 0 Å². The molecule has 0 amide bonds. The predicted octanol–water partition coefficient (Wildman–Crippen LogP) is 5.25. The monoisotopic (exact) mass is 275 g/mol. The second kappa shape index (κ2) is 8.18. The van der Waals surface area contributed by atoms with Crippen molar-refractivity contribution in [2.75, 3.05) is 11.9 Å². The number of nitrogens with one attached hydrogen (secondary N) is 1. The molecule has 1 aliphatic rings. The minimum atomic E-state index is 0.658. The fourth-order valence-electron chi connectivity index (χ4n) is 3.11. The van der Waals surface area contributed by atoms with Crippen LogP contribution in [0.4, 0.5) is 5.69 Å². The smallest absolute Gasteiger partial charge is 0.119 e. The second-order valence-corrected chi connectivity index (χ2v) is 6.02.